The molecule has 0 aliphatic heterocycles. The van der Waals surface area contributed by atoms with Gasteiger partial charge < -0.3 is 4.55 Å². The zero-order valence-corrected chi connectivity index (χ0v) is 9.15. The van der Waals surface area contributed by atoms with E-state index in [2.05, 4.69) is 6.58 Å². The highest BCUT2D eigenvalue weighted by Crippen LogP contribution is 2.14. The van der Waals surface area contributed by atoms with Crippen LogP contribution in [0.4, 0.5) is 0 Å². The maximum absolute atomic E-state index is 10.4. The van der Waals surface area contributed by atoms with Crippen LogP contribution in [0.25, 0.3) is 0 Å². The van der Waals surface area contributed by atoms with Gasteiger partial charge in [0.1, 0.15) is 0 Å². The molecule has 0 bridgehead atoms. The second-order valence-corrected chi connectivity index (χ2v) is 4.26. The standard InChI is InChI=1S/C10H20O2S/c1-3-5-6-7-8-10(4-2)9-13(11)12/h3,10H,1,4-9H2,2H3,(H,11,12)/p-1. The zero-order valence-electron chi connectivity index (χ0n) is 8.33. The minimum Gasteiger partial charge on any atom is -0.772 e. The van der Waals surface area contributed by atoms with Crippen LogP contribution in [0.15, 0.2) is 12.7 Å². The van der Waals surface area contributed by atoms with Crippen LogP contribution >= 0.6 is 0 Å². The van der Waals surface area contributed by atoms with Gasteiger partial charge in [0.25, 0.3) is 0 Å². The molecule has 0 radical (unpaired) electrons. The molecule has 0 saturated carbocycles. The van der Waals surface area contributed by atoms with Gasteiger partial charge >= 0.3 is 0 Å². The van der Waals surface area contributed by atoms with Crippen molar-refractivity contribution in [1.29, 1.82) is 0 Å². The fourth-order valence-electron chi connectivity index (χ4n) is 1.32. The van der Waals surface area contributed by atoms with Crippen molar-refractivity contribution in [2.24, 2.45) is 5.92 Å². The maximum Gasteiger partial charge on any atom is 0.0130 e. The molecule has 0 heterocycles. The lowest BCUT2D eigenvalue weighted by Crippen LogP contribution is -2.09. The van der Waals surface area contributed by atoms with Crippen molar-refractivity contribution >= 4 is 11.1 Å². The second kappa shape index (κ2) is 8.45. The SMILES string of the molecule is C=CCCCCC(CC)CS(=O)[O-]. The van der Waals surface area contributed by atoms with Gasteiger partial charge in [-0.15, -0.1) is 6.58 Å². The summed E-state index contributed by atoms with van der Waals surface area (Å²) in [7, 11) is 0. The van der Waals surface area contributed by atoms with Crippen molar-refractivity contribution in [3.8, 4) is 0 Å². The molecule has 2 atom stereocenters. The van der Waals surface area contributed by atoms with E-state index in [1.54, 1.807) is 0 Å². The third-order valence-electron chi connectivity index (χ3n) is 2.22. The molecule has 0 aliphatic rings. The molecule has 0 fully saturated rings. The highest BCUT2D eigenvalue weighted by molar-refractivity contribution is 7.79. The Balaban J connectivity index is 3.47. The molecule has 78 valence electrons. The molecule has 0 aromatic heterocycles. The quantitative estimate of drug-likeness (QED) is 0.345. The number of rotatable bonds is 8. The molecule has 13 heavy (non-hydrogen) atoms. The molecule has 0 aromatic rings. The first-order valence-corrected chi connectivity index (χ1v) is 6.11. The first kappa shape index (κ1) is 12.8. The molecule has 2 unspecified atom stereocenters. The van der Waals surface area contributed by atoms with E-state index >= 15 is 0 Å². The van der Waals surface area contributed by atoms with Crippen molar-refractivity contribution in [1.82, 2.24) is 0 Å². The number of hydrogen-bond acceptors (Lipinski definition) is 2. The van der Waals surface area contributed by atoms with Gasteiger partial charge in [0, 0.05) is 5.75 Å². The zero-order chi connectivity index (χ0) is 10.1. The van der Waals surface area contributed by atoms with Crippen LogP contribution < -0.4 is 0 Å². The molecule has 0 N–H and O–H groups in total. The Kier molecular flexibility index (Phi) is 8.35. The molecular formula is C10H19O2S-. The van der Waals surface area contributed by atoms with Crippen molar-refractivity contribution < 1.29 is 8.76 Å². The average molecular weight is 203 g/mol. The van der Waals surface area contributed by atoms with Crippen molar-refractivity contribution in [3.63, 3.8) is 0 Å². The average Bonchev–Trinajstić information content (AvgIpc) is 2.09. The number of hydrogen-bond donors (Lipinski definition) is 0. The summed E-state index contributed by atoms with van der Waals surface area (Å²) in [5.41, 5.74) is 0. The molecular weight excluding hydrogens is 184 g/mol. The summed E-state index contributed by atoms with van der Waals surface area (Å²) < 4.78 is 20.9. The van der Waals surface area contributed by atoms with E-state index < -0.39 is 11.1 Å². The predicted octanol–water partition coefficient (Wildman–Crippen LogP) is 2.64. The van der Waals surface area contributed by atoms with Gasteiger partial charge in [-0.05, 0) is 25.2 Å². The van der Waals surface area contributed by atoms with E-state index in [0.717, 1.165) is 32.1 Å². The predicted molar refractivity (Wildman–Crippen MR) is 56.2 cm³/mol. The summed E-state index contributed by atoms with van der Waals surface area (Å²) in [6.45, 7) is 5.69. The summed E-state index contributed by atoms with van der Waals surface area (Å²) in [4.78, 5) is 0. The summed E-state index contributed by atoms with van der Waals surface area (Å²) >= 11 is -1.87. The summed E-state index contributed by atoms with van der Waals surface area (Å²) in [5.74, 6) is 0.674. The van der Waals surface area contributed by atoms with Gasteiger partial charge in [-0.2, -0.15) is 0 Å². The fourth-order valence-corrected chi connectivity index (χ4v) is 2.11. The second-order valence-electron chi connectivity index (χ2n) is 3.32. The Morgan fingerprint density at radius 1 is 1.54 bits per heavy atom. The van der Waals surface area contributed by atoms with Crippen LogP contribution in [0.1, 0.15) is 39.0 Å². The van der Waals surface area contributed by atoms with E-state index in [0.29, 0.717) is 11.7 Å². The third kappa shape index (κ3) is 8.19. The van der Waals surface area contributed by atoms with Gasteiger partial charge in [0.05, 0.1) is 0 Å². The van der Waals surface area contributed by atoms with Crippen molar-refractivity contribution in [2.75, 3.05) is 5.75 Å². The van der Waals surface area contributed by atoms with Gasteiger partial charge in [0.15, 0.2) is 0 Å². The van der Waals surface area contributed by atoms with Crippen LogP contribution in [-0.4, -0.2) is 14.5 Å². The first-order valence-electron chi connectivity index (χ1n) is 4.87. The number of allylic oxidation sites excluding steroid dienone is 1. The monoisotopic (exact) mass is 203 g/mol. The smallest absolute Gasteiger partial charge is 0.0130 e. The lowest BCUT2D eigenvalue weighted by atomic mass is 10.0. The van der Waals surface area contributed by atoms with E-state index in [1.807, 2.05) is 13.0 Å². The van der Waals surface area contributed by atoms with Crippen LogP contribution in [0.5, 0.6) is 0 Å². The van der Waals surface area contributed by atoms with Crippen molar-refractivity contribution in [3.05, 3.63) is 12.7 Å². The highest BCUT2D eigenvalue weighted by atomic mass is 32.2. The Bertz CT molecular complexity index is 157. The van der Waals surface area contributed by atoms with Gasteiger partial charge in [-0.3, -0.25) is 4.21 Å². The van der Waals surface area contributed by atoms with E-state index in [9.17, 15) is 8.76 Å². The van der Waals surface area contributed by atoms with Gasteiger partial charge in [-0.1, -0.05) is 36.9 Å². The Labute approximate surface area is 83.7 Å². The summed E-state index contributed by atoms with van der Waals surface area (Å²) in [5, 5.41) is 0. The van der Waals surface area contributed by atoms with E-state index in [1.165, 1.54) is 0 Å². The lowest BCUT2D eigenvalue weighted by Gasteiger charge is -2.15. The van der Waals surface area contributed by atoms with Gasteiger partial charge in [-0.25, -0.2) is 0 Å². The highest BCUT2D eigenvalue weighted by Gasteiger charge is 2.05. The molecule has 0 amide bonds. The maximum atomic E-state index is 10.4. The minimum absolute atomic E-state index is 0.324. The topological polar surface area (TPSA) is 40.1 Å². The molecule has 2 nitrogen and oxygen atoms in total. The molecule has 0 spiro atoms. The third-order valence-corrected chi connectivity index (χ3v) is 2.96. The minimum atomic E-state index is -1.87. The molecule has 0 aliphatic carbocycles. The van der Waals surface area contributed by atoms with Crippen LogP contribution in [0.2, 0.25) is 0 Å². The summed E-state index contributed by atoms with van der Waals surface area (Å²) in [6.07, 6.45) is 7.18. The molecule has 0 rings (SSSR count). The Morgan fingerprint density at radius 3 is 2.69 bits per heavy atom. The lowest BCUT2D eigenvalue weighted by molar-refractivity contribution is 0.466. The fraction of sp³-hybridized carbons (Fsp3) is 0.800. The largest absolute Gasteiger partial charge is 0.772 e. The van der Waals surface area contributed by atoms with Crippen molar-refractivity contribution in [2.45, 2.75) is 39.0 Å². The summed E-state index contributed by atoms with van der Waals surface area (Å²) in [6, 6.07) is 0. The Morgan fingerprint density at radius 2 is 2.23 bits per heavy atom. The van der Waals surface area contributed by atoms with E-state index in [-0.39, 0.29) is 0 Å². The van der Waals surface area contributed by atoms with Crippen LogP contribution in [-0.2, 0) is 11.1 Å². The molecule has 0 aromatic carbocycles. The molecule has 0 saturated heterocycles. The van der Waals surface area contributed by atoms with Crippen LogP contribution in [0, 0.1) is 5.92 Å². The van der Waals surface area contributed by atoms with Crippen LogP contribution in [0.3, 0.4) is 0 Å². The molecule has 3 heteroatoms. The normalized spacial score (nSPS) is 15.2. The first-order chi connectivity index (χ1) is 6.20. The van der Waals surface area contributed by atoms with Gasteiger partial charge in [0.2, 0.25) is 0 Å². The number of unbranched alkanes of at least 4 members (excludes halogenated alkanes) is 2. The Hall–Kier alpha value is -0.150. The van der Waals surface area contributed by atoms with E-state index in [4.69, 9.17) is 0 Å².